The van der Waals surface area contributed by atoms with Crippen molar-refractivity contribution in [2.75, 3.05) is 0 Å². The molecule has 0 amide bonds. The molecule has 0 unspecified atom stereocenters. The van der Waals surface area contributed by atoms with Gasteiger partial charge in [0.15, 0.2) is 0 Å². The Kier molecular flexibility index (Phi) is 16.3. The molecule has 13 heteroatoms. The Hall–Kier alpha value is -4.70. The number of rotatable bonds is 9. The summed E-state index contributed by atoms with van der Waals surface area (Å²) in [6.45, 7) is 1.25. The monoisotopic (exact) mass is 758 g/mol. The third-order valence-electron chi connectivity index (χ3n) is 6.09. The molecule has 6 rings (SSSR count). The van der Waals surface area contributed by atoms with Gasteiger partial charge in [-0.2, -0.15) is 0 Å². The number of hydrogen-bond donors (Lipinski definition) is 0. The zero-order chi connectivity index (χ0) is 34.1. The predicted molar refractivity (Wildman–Crippen MR) is 183 cm³/mol. The molecule has 251 valence electrons. The predicted octanol–water partition coefficient (Wildman–Crippen LogP) is 7.87. The molecular formula is C36H27Cl3FeN3O6. The van der Waals surface area contributed by atoms with Gasteiger partial charge in [-0.25, -0.2) is 0 Å². The van der Waals surface area contributed by atoms with E-state index in [-0.39, 0.29) is 34.3 Å². The number of hydrogen-bond acceptors (Lipinski definition) is 9. The Morgan fingerprint density at radius 1 is 0.469 bits per heavy atom. The van der Waals surface area contributed by atoms with Crippen molar-refractivity contribution in [1.29, 1.82) is 0 Å². The van der Waals surface area contributed by atoms with E-state index in [1.807, 2.05) is 18.2 Å². The van der Waals surface area contributed by atoms with E-state index in [4.69, 9.17) is 48.1 Å². The molecule has 6 aromatic rings. The van der Waals surface area contributed by atoms with Crippen LogP contribution in [0.4, 0.5) is 0 Å². The van der Waals surface area contributed by atoms with Crippen LogP contribution in [-0.4, -0.2) is 18.6 Å². The third-order valence-corrected chi connectivity index (χ3v) is 6.79. The second-order valence-electron chi connectivity index (χ2n) is 9.69. The fraction of sp³-hybridized carbons (Fsp3) is 0.0833. The van der Waals surface area contributed by atoms with Crippen molar-refractivity contribution in [3.05, 3.63) is 159 Å². The molecule has 0 aliphatic rings. The molecule has 0 saturated heterocycles. The molecule has 0 N–H and O–H groups in total. The van der Waals surface area contributed by atoms with E-state index >= 15 is 0 Å². The summed E-state index contributed by atoms with van der Waals surface area (Å²) in [5.41, 5.74) is 1.46. The van der Waals surface area contributed by atoms with Crippen molar-refractivity contribution in [3.8, 4) is 17.2 Å². The van der Waals surface area contributed by atoms with Crippen LogP contribution in [-0.2, 0) is 36.7 Å². The van der Waals surface area contributed by atoms with Gasteiger partial charge in [-0.1, -0.05) is 70.3 Å². The molecule has 0 aliphatic carbocycles. The van der Waals surface area contributed by atoms with Gasteiger partial charge in [-0.15, -0.1) is 0 Å². The van der Waals surface area contributed by atoms with Gasteiger partial charge in [0.2, 0.25) is 0 Å². The van der Waals surface area contributed by atoms with Gasteiger partial charge >= 0.3 is 17.1 Å². The maximum atomic E-state index is 11.4. The first kappa shape index (κ1) is 38.7. The van der Waals surface area contributed by atoms with Crippen molar-refractivity contribution >= 4 is 53.4 Å². The second kappa shape index (κ2) is 20.6. The fourth-order valence-electron chi connectivity index (χ4n) is 3.77. The summed E-state index contributed by atoms with van der Waals surface area (Å²) in [5.74, 6) is 2.00. The molecule has 0 spiro atoms. The van der Waals surface area contributed by atoms with Gasteiger partial charge in [0, 0.05) is 33.7 Å². The fourth-order valence-corrected chi connectivity index (χ4v) is 4.31. The van der Waals surface area contributed by atoms with E-state index in [9.17, 15) is 15.3 Å². The first-order valence-electron chi connectivity index (χ1n) is 14.2. The second-order valence-corrected chi connectivity index (χ2v) is 11.0. The molecule has 3 aromatic carbocycles. The Labute approximate surface area is 308 Å². The molecule has 0 bridgehead atoms. The molecule has 49 heavy (non-hydrogen) atoms. The molecule has 1 radical (unpaired) electrons. The first-order chi connectivity index (χ1) is 23.3. The number of nitrogens with zero attached hydrogens (tertiary/aromatic N) is 3. The maximum absolute atomic E-state index is 11.4. The van der Waals surface area contributed by atoms with Gasteiger partial charge in [0.25, 0.3) is 0 Å². The van der Waals surface area contributed by atoms with Gasteiger partial charge in [-0.05, 0) is 89.5 Å². The Bertz CT molecular complexity index is 1710. The minimum atomic E-state index is -0.0902. The normalized spacial score (nSPS) is 10.8. The summed E-state index contributed by atoms with van der Waals surface area (Å²) in [6, 6.07) is 24.6. The molecular weight excluding hydrogens is 733 g/mol. The largest absolute Gasteiger partial charge is 3.00 e. The Balaban J connectivity index is 0.000000197. The van der Waals surface area contributed by atoms with Crippen LogP contribution >= 0.6 is 34.8 Å². The van der Waals surface area contributed by atoms with Crippen LogP contribution in [0.5, 0.6) is 17.2 Å². The molecule has 0 saturated carbocycles. The van der Waals surface area contributed by atoms with Crippen molar-refractivity contribution in [2.24, 2.45) is 15.0 Å². The average Bonchev–Trinajstić information content (AvgIpc) is 3.88. The van der Waals surface area contributed by atoms with E-state index < -0.39 is 0 Å². The zero-order valence-electron chi connectivity index (χ0n) is 25.5. The molecule has 0 fully saturated rings. The maximum Gasteiger partial charge on any atom is 3.00 e. The van der Waals surface area contributed by atoms with Crippen LogP contribution in [0.15, 0.2) is 138 Å². The molecule has 3 aromatic heterocycles. The summed E-state index contributed by atoms with van der Waals surface area (Å²) in [6.07, 6.45) is 9.29. The van der Waals surface area contributed by atoms with E-state index in [2.05, 4.69) is 15.0 Å². The van der Waals surface area contributed by atoms with E-state index in [0.29, 0.717) is 51.4 Å². The number of aliphatic imine (C=N–C) groups is 3. The molecule has 0 atom stereocenters. The van der Waals surface area contributed by atoms with Gasteiger partial charge < -0.3 is 28.6 Å². The standard InChI is InChI=1S/3C12H10ClNO2.Fe/c3*13-10-3-4-12(15)9(6-10)7-14-8-11-2-1-5-16-11;/h3*1-7,15H,8H2;/q;;;+3/p-3. The zero-order valence-corrected chi connectivity index (χ0v) is 28.9. The quantitative estimate of drug-likeness (QED) is 0.108. The van der Waals surface area contributed by atoms with Gasteiger partial charge in [0.05, 0.1) is 38.4 Å². The third kappa shape index (κ3) is 13.7. The van der Waals surface area contributed by atoms with Gasteiger partial charge in [-0.3, -0.25) is 15.0 Å². The minimum Gasteiger partial charge on any atom is -0.872 e. The van der Waals surface area contributed by atoms with Crippen LogP contribution in [0.3, 0.4) is 0 Å². The van der Waals surface area contributed by atoms with Crippen LogP contribution in [0.1, 0.15) is 34.0 Å². The molecule has 0 aliphatic heterocycles. The SMILES string of the molecule is [Fe+3].[O-]c1ccc(Cl)cc1C=NCc1ccco1.[O-]c1ccc(Cl)cc1C=NCc1ccco1.[O-]c1ccc(Cl)cc1C=NCc1ccco1. The summed E-state index contributed by atoms with van der Waals surface area (Å²) in [7, 11) is 0. The van der Waals surface area contributed by atoms with Gasteiger partial charge in [0.1, 0.15) is 17.3 Å². The summed E-state index contributed by atoms with van der Waals surface area (Å²) < 4.78 is 15.3. The van der Waals surface area contributed by atoms with Crippen LogP contribution in [0.25, 0.3) is 0 Å². The van der Waals surface area contributed by atoms with Crippen molar-refractivity contribution < 1.29 is 45.6 Å². The van der Waals surface area contributed by atoms with Crippen molar-refractivity contribution in [3.63, 3.8) is 0 Å². The van der Waals surface area contributed by atoms with Crippen LogP contribution < -0.4 is 15.3 Å². The van der Waals surface area contributed by atoms with Crippen LogP contribution in [0, 0.1) is 0 Å². The first-order valence-corrected chi connectivity index (χ1v) is 15.4. The number of furan rings is 3. The summed E-state index contributed by atoms with van der Waals surface area (Å²) >= 11 is 17.3. The van der Waals surface area contributed by atoms with Crippen LogP contribution in [0.2, 0.25) is 15.1 Å². The summed E-state index contributed by atoms with van der Waals surface area (Å²) in [5, 5.41) is 35.8. The van der Waals surface area contributed by atoms with E-state index in [1.165, 1.54) is 36.8 Å². The Morgan fingerprint density at radius 2 is 0.755 bits per heavy atom. The van der Waals surface area contributed by atoms with E-state index in [0.717, 1.165) is 17.3 Å². The number of halogens is 3. The number of benzene rings is 3. The molecule has 3 heterocycles. The average molecular weight is 760 g/mol. The van der Waals surface area contributed by atoms with Crippen molar-refractivity contribution in [2.45, 2.75) is 19.6 Å². The van der Waals surface area contributed by atoms with E-state index in [1.54, 1.807) is 73.4 Å². The molecule has 9 nitrogen and oxygen atoms in total. The minimum absolute atomic E-state index is 0. The Morgan fingerprint density at radius 3 is 1.00 bits per heavy atom. The van der Waals surface area contributed by atoms with Crippen molar-refractivity contribution in [1.82, 2.24) is 0 Å². The smallest absolute Gasteiger partial charge is 0.872 e. The summed E-state index contributed by atoms with van der Waals surface area (Å²) in [4.78, 5) is 12.3. The topological polar surface area (TPSA) is 146 Å².